The van der Waals surface area contributed by atoms with Crippen molar-refractivity contribution in [3.8, 4) is 0 Å². The molecule has 2 atom stereocenters. The molecule has 0 heterocycles. The molecule has 2 unspecified atom stereocenters. The Morgan fingerprint density at radius 2 is 1.06 bits per heavy atom. The minimum atomic E-state index is -4.40. The molecule has 284 valence electrons. The summed E-state index contributed by atoms with van der Waals surface area (Å²) in [5.74, 6) is -0.518. The van der Waals surface area contributed by atoms with Gasteiger partial charge < -0.3 is 20.1 Å². The van der Waals surface area contributed by atoms with Crippen LogP contribution in [0.4, 0.5) is 0 Å². The maximum absolute atomic E-state index is 12.0. The first-order valence-corrected chi connectivity index (χ1v) is 21.2. The van der Waals surface area contributed by atoms with E-state index in [2.05, 4.69) is 31.3 Å². The predicted molar refractivity (Wildman–Crippen MR) is 197 cm³/mol. The highest BCUT2D eigenvalue weighted by Gasteiger charge is 2.23. The maximum atomic E-state index is 12.0. The van der Waals surface area contributed by atoms with Crippen LogP contribution in [-0.4, -0.2) is 54.3 Å². The Kier molecular flexibility index (Phi) is 34.6. The van der Waals surface area contributed by atoms with Crippen LogP contribution < -0.4 is 5.32 Å². The highest BCUT2D eigenvalue weighted by atomic mass is 31.2. The third-order valence-corrected chi connectivity index (χ3v) is 9.43. The van der Waals surface area contributed by atoms with Crippen molar-refractivity contribution in [1.82, 2.24) is 5.32 Å². The average Bonchev–Trinajstić information content (AvgIpc) is 3.07. The van der Waals surface area contributed by atoms with Gasteiger partial charge >= 0.3 is 13.8 Å². The number of carbonyl (C=O) groups is 2. The third kappa shape index (κ3) is 36.0. The van der Waals surface area contributed by atoms with Gasteiger partial charge in [0.2, 0.25) is 5.91 Å². The molecule has 0 aromatic heterocycles. The van der Waals surface area contributed by atoms with Crippen molar-refractivity contribution in [2.24, 2.45) is 0 Å². The number of aliphatic hydroxyl groups excluding tert-OH is 1. The molecule has 0 radical (unpaired) electrons. The lowest BCUT2D eigenvalue weighted by molar-refractivity contribution is -0.147. The first-order valence-electron chi connectivity index (χ1n) is 19.7. The quantitative estimate of drug-likeness (QED) is 0.0252. The van der Waals surface area contributed by atoms with Gasteiger partial charge in [0, 0.05) is 19.4 Å². The van der Waals surface area contributed by atoms with Crippen molar-refractivity contribution in [3.63, 3.8) is 0 Å². The van der Waals surface area contributed by atoms with Gasteiger partial charge in [-0.2, -0.15) is 0 Å². The zero-order valence-corrected chi connectivity index (χ0v) is 31.8. The lowest BCUT2D eigenvalue weighted by atomic mass is 10.1. The standard InChI is InChI=1S/C38H74NO8P/c1-3-5-7-9-11-13-15-16-17-18-19-20-21-23-25-27-29-31-38(42)45-34-36(40)35-47-48(43,44)46-33-32-39-37(41)30-28-26-24-22-14-12-10-8-6-4-2/h16-17,36,40H,3-15,18-35H2,1-2H3,(H,39,41)(H,43,44)/b17-16-. The van der Waals surface area contributed by atoms with Gasteiger partial charge in [-0.25, -0.2) is 4.57 Å². The summed E-state index contributed by atoms with van der Waals surface area (Å²) < 4.78 is 26.8. The summed E-state index contributed by atoms with van der Waals surface area (Å²) in [6.07, 6.45) is 34.3. The molecule has 0 aliphatic rings. The molecule has 0 spiro atoms. The van der Waals surface area contributed by atoms with Crippen LogP contribution in [-0.2, 0) is 27.9 Å². The van der Waals surface area contributed by atoms with E-state index in [0.717, 1.165) is 38.5 Å². The van der Waals surface area contributed by atoms with Crippen LogP contribution in [0.2, 0.25) is 0 Å². The molecule has 9 nitrogen and oxygen atoms in total. The van der Waals surface area contributed by atoms with Gasteiger partial charge in [-0.05, 0) is 38.5 Å². The lowest BCUT2D eigenvalue weighted by Gasteiger charge is -2.15. The van der Waals surface area contributed by atoms with Crippen LogP contribution in [0.3, 0.4) is 0 Å². The number of hydrogen-bond donors (Lipinski definition) is 3. The molecule has 0 aromatic rings. The summed E-state index contributed by atoms with van der Waals surface area (Å²) >= 11 is 0. The molecule has 48 heavy (non-hydrogen) atoms. The predicted octanol–water partition coefficient (Wildman–Crippen LogP) is 10.3. The van der Waals surface area contributed by atoms with Crippen LogP contribution in [0.5, 0.6) is 0 Å². The molecule has 0 aliphatic carbocycles. The second-order valence-corrected chi connectivity index (χ2v) is 14.7. The zero-order chi connectivity index (χ0) is 35.4. The van der Waals surface area contributed by atoms with Crippen molar-refractivity contribution >= 4 is 19.7 Å². The van der Waals surface area contributed by atoms with Gasteiger partial charge in [0.25, 0.3) is 0 Å². The number of phosphoric acid groups is 1. The summed E-state index contributed by atoms with van der Waals surface area (Å²) in [4.78, 5) is 33.7. The number of amides is 1. The van der Waals surface area contributed by atoms with E-state index in [9.17, 15) is 24.2 Å². The number of esters is 1. The van der Waals surface area contributed by atoms with E-state index in [-0.39, 0.29) is 32.1 Å². The zero-order valence-electron chi connectivity index (χ0n) is 30.9. The van der Waals surface area contributed by atoms with Gasteiger partial charge in [0.05, 0.1) is 13.2 Å². The smallest absolute Gasteiger partial charge is 0.463 e. The Bertz CT molecular complexity index is 810. The summed E-state index contributed by atoms with van der Waals surface area (Å²) in [7, 11) is -4.40. The number of allylic oxidation sites excluding steroid dienone is 2. The van der Waals surface area contributed by atoms with E-state index in [1.54, 1.807) is 0 Å². The Morgan fingerprint density at radius 3 is 1.56 bits per heavy atom. The molecule has 0 aromatic carbocycles. The van der Waals surface area contributed by atoms with Crippen LogP contribution in [0, 0.1) is 0 Å². The summed E-state index contributed by atoms with van der Waals surface area (Å²) in [6.45, 7) is 3.54. The second kappa shape index (κ2) is 35.6. The topological polar surface area (TPSA) is 131 Å². The fraction of sp³-hybridized carbons (Fsp3) is 0.895. The van der Waals surface area contributed by atoms with E-state index in [0.29, 0.717) is 6.42 Å². The maximum Gasteiger partial charge on any atom is 0.472 e. The molecular weight excluding hydrogens is 629 g/mol. The molecule has 0 rings (SSSR count). The Morgan fingerprint density at radius 1 is 0.625 bits per heavy atom. The van der Waals surface area contributed by atoms with E-state index >= 15 is 0 Å². The normalized spacial score (nSPS) is 13.5. The van der Waals surface area contributed by atoms with Crippen LogP contribution in [0.1, 0.15) is 187 Å². The molecule has 0 saturated heterocycles. The summed E-state index contributed by atoms with van der Waals surface area (Å²) in [6, 6.07) is 0. The van der Waals surface area contributed by atoms with Gasteiger partial charge in [0.1, 0.15) is 12.7 Å². The number of hydrogen-bond acceptors (Lipinski definition) is 7. The number of aliphatic hydroxyl groups is 1. The molecule has 0 saturated carbocycles. The van der Waals surface area contributed by atoms with E-state index in [1.165, 1.54) is 122 Å². The van der Waals surface area contributed by atoms with Crippen molar-refractivity contribution in [3.05, 3.63) is 12.2 Å². The Balaban J connectivity index is 3.60. The minimum Gasteiger partial charge on any atom is -0.463 e. The molecule has 0 aliphatic heterocycles. The number of ether oxygens (including phenoxy) is 1. The number of unbranched alkanes of at least 4 members (excludes halogenated alkanes) is 22. The molecule has 10 heteroatoms. The van der Waals surface area contributed by atoms with Crippen LogP contribution in [0.15, 0.2) is 12.2 Å². The molecule has 0 bridgehead atoms. The molecular formula is C38H74NO8P. The van der Waals surface area contributed by atoms with Crippen molar-refractivity contribution < 1.29 is 37.9 Å². The second-order valence-electron chi connectivity index (χ2n) is 13.3. The van der Waals surface area contributed by atoms with E-state index in [1.807, 2.05) is 0 Å². The average molecular weight is 704 g/mol. The highest BCUT2D eigenvalue weighted by molar-refractivity contribution is 7.47. The van der Waals surface area contributed by atoms with Crippen molar-refractivity contribution in [2.75, 3.05) is 26.4 Å². The Hall–Kier alpha value is -1.25. The molecule has 3 N–H and O–H groups in total. The largest absolute Gasteiger partial charge is 0.472 e. The van der Waals surface area contributed by atoms with Gasteiger partial charge in [-0.3, -0.25) is 18.6 Å². The van der Waals surface area contributed by atoms with Gasteiger partial charge in [-0.1, -0.05) is 148 Å². The third-order valence-electron chi connectivity index (χ3n) is 8.45. The SMILES string of the molecule is CCCCCCCC/C=C\CCCCCCCCCC(=O)OCC(O)COP(=O)(O)OCCNC(=O)CCCCCCCCCCCC. The van der Waals surface area contributed by atoms with Crippen molar-refractivity contribution in [1.29, 1.82) is 0 Å². The van der Waals surface area contributed by atoms with Crippen molar-refractivity contribution in [2.45, 2.75) is 193 Å². The van der Waals surface area contributed by atoms with Crippen LogP contribution >= 0.6 is 7.82 Å². The molecule has 1 amide bonds. The fourth-order valence-corrected chi connectivity index (χ4v) is 6.19. The number of phosphoric ester groups is 1. The van der Waals surface area contributed by atoms with Crippen LogP contribution in [0.25, 0.3) is 0 Å². The van der Waals surface area contributed by atoms with E-state index < -0.39 is 26.5 Å². The summed E-state index contributed by atoms with van der Waals surface area (Å²) in [5, 5.41) is 12.6. The first-order chi connectivity index (χ1) is 23.3. The summed E-state index contributed by atoms with van der Waals surface area (Å²) in [5.41, 5.74) is 0. The number of rotatable bonds is 37. The minimum absolute atomic E-state index is 0.0850. The fourth-order valence-electron chi connectivity index (χ4n) is 5.43. The monoisotopic (exact) mass is 704 g/mol. The number of nitrogens with one attached hydrogen (secondary N) is 1. The first kappa shape index (κ1) is 46.8. The Labute approximate surface area is 294 Å². The highest BCUT2D eigenvalue weighted by Crippen LogP contribution is 2.42. The number of carbonyl (C=O) groups excluding carboxylic acids is 2. The van der Waals surface area contributed by atoms with E-state index in [4.69, 9.17) is 13.8 Å². The van der Waals surface area contributed by atoms with Gasteiger partial charge in [-0.15, -0.1) is 0 Å². The van der Waals surface area contributed by atoms with Gasteiger partial charge in [0.15, 0.2) is 0 Å². The lowest BCUT2D eigenvalue weighted by Crippen LogP contribution is -2.27. The molecule has 0 fully saturated rings.